The number of amides is 1. The zero-order valence-electron chi connectivity index (χ0n) is 12.5. The number of fused-ring (bicyclic) bond motifs is 1. The van der Waals surface area contributed by atoms with E-state index in [1.165, 1.54) is 32.4 Å². The van der Waals surface area contributed by atoms with Crippen LogP contribution < -0.4 is 0 Å². The maximum Gasteiger partial charge on any atom is 0.253 e. The van der Waals surface area contributed by atoms with Crippen molar-refractivity contribution in [2.24, 2.45) is 0 Å². The maximum absolute atomic E-state index is 12.5. The third-order valence-corrected chi connectivity index (χ3v) is 4.21. The van der Waals surface area contributed by atoms with E-state index in [2.05, 4.69) is 14.9 Å². The average molecular weight is 286 g/mol. The minimum absolute atomic E-state index is 0.0727. The van der Waals surface area contributed by atoms with Crippen molar-refractivity contribution < 1.29 is 4.79 Å². The van der Waals surface area contributed by atoms with E-state index < -0.39 is 0 Å². The van der Waals surface area contributed by atoms with Crippen LogP contribution in [0, 0.1) is 0 Å². The molecule has 112 valence electrons. The molecule has 0 radical (unpaired) electrons. The Morgan fingerprint density at radius 3 is 2.95 bits per heavy atom. The summed E-state index contributed by atoms with van der Waals surface area (Å²) < 4.78 is 0. The first-order valence-electron chi connectivity index (χ1n) is 7.65. The van der Waals surface area contributed by atoms with Crippen molar-refractivity contribution in [2.75, 3.05) is 33.2 Å². The number of piperidine rings is 1. The van der Waals surface area contributed by atoms with Crippen LogP contribution in [-0.4, -0.2) is 58.9 Å². The van der Waals surface area contributed by atoms with Gasteiger partial charge in [-0.05, 0) is 44.1 Å². The van der Waals surface area contributed by atoms with Crippen LogP contribution in [-0.2, 0) is 0 Å². The molecule has 5 nitrogen and oxygen atoms in total. The zero-order valence-corrected chi connectivity index (χ0v) is 12.5. The van der Waals surface area contributed by atoms with Gasteiger partial charge in [0.1, 0.15) is 0 Å². The molecule has 2 heterocycles. The highest BCUT2D eigenvalue weighted by molar-refractivity contribution is 5.97. The molecule has 1 N–H and O–H groups in total. The number of nitrogens with one attached hydrogen (secondary N) is 1. The molecule has 21 heavy (non-hydrogen) atoms. The van der Waals surface area contributed by atoms with E-state index in [9.17, 15) is 4.79 Å². The number of imidazole rings is 1. The first-order chi connectivity index (χ1) is 10.2. The second-order valence-corrected chi connectivity index (χ2v) is 5.76. The second-order valence-electron chi connectivity index (χ2n) is 5.76. The second kappa shape index (κ2) is 6.26. The Kier molecular flexibility index (Phi) is 4.20. The molecule has 1 aromatic heterocycles. The molecule has 1 aliphatic rings. The molecular formula is C16H22N4O. The topological polar surface area (TPSA) is 52.2 Å². The molecule has 0 spiro atoms. The van der Waals surface area contributed by atoms with Gasteiger partial charge in [0.25, 0.3) is 5.91 Å². The standard InChI is InChI=1S/C16H22N4O/c1-19(9-10-20-7-3-2-4-8-20)16(21)13-5-6-14-15(11-13)18-12-17-14/h5-6,11-12H,2-4,7-10H2,1H3,(H,17,18). The van der Waals surface area contributed by atoms with Crippen LogP contribution in [0.25, 0.3) is 11.0 Å². The highest BCUT2D eigenvalue weighted by Gasteiger charge is 2.15. The van der Waals surface area contributed by atoms with Gasteiger partial charge in [-0.15, -0.1) is 0 Å². The molecule has 0 atom stereocenters. The molecule has 1 aromatic carbocycles. The van der Waals surface area contributed by atoms with Crippen molar-refractivity contribution in [3.05, 3.63) is 30.1 Å². The number of benzene rings is 1. The molecule has 2 aromatic rings. The Labute approximate surface area is 125 Å². The van der Waals surface area contributed by atoms with Gasteiger partial charge in [0, 0.05) is 25.7 Å². The fraction of sp³-hybridized carbons (Fsp3) is 0.500. The van der Waals surface area contributed by atoms with Gasteiger partial charge in [0.2, 0.25) is 0 Å². The first kappa shape index (κ1) is 14.1. The van der Waals surface area contributed by atoms with Gasteiger partial charge in [-0.25, -0.2) is 4.98 Å². The number of nitrogens with zero attached hydrogens (tertiary/aromatic N) is 3. The molecule has 0 saturated carbocycles. The number of H-pyrrole nitrogens is 1. The molecule has 1 aliphatic heterocycles. The molecule has 1 saturated heterocycles. The maximum atomic E-state index is 12.5. The Hall–Kier alpha value is -1.88. The van der Waals surface area contributed by atoms with Crippen molar-refractivity contribution >= 4 is 16.9 Å². The number of aromatic nitrogens is 2. The van der Waals surface area contributed by atoms with Gasteiger partial charge in [-0.1, -0.05) is 6.42 Å². The highest BCUT2D eigenvalue weighted by atomic mass is 16.2. The number of hydrogen-bond acceptors (Lipinski definition) is 3. The summed E-state index contributed by atoms with van der Waals surface area (Å²) in [7, 11) is 1.88. The first-order valence-corrected chi connectivity index (χ1v) is 7.65. The summed E-state index contributed by atoms with van der Waals surface area (Å²) in [5.41, 5.74) is 2.51. The summed E-state index contributed by atoms with van der Waals surface area (Å²) in [5.74, 6) is 0.0727. The lowest BCUT2D eigenvalue weighted by Gasteiger charge is -2.28. The van der Waals surface area contributed by atoms with Crippen LogP contribution in [0.3, 0.4) is 0 Å². The third-order valence-electron chi connectivity index (χ3n) is 4.21. The number of carbonyl (C=O) groups excluding carboxylic acids is 1. The number of likely N-dealkylation sites (tertiary alicyclic amines) is 1. The molecule has 1 fully saturated rings. The summed E-state index contributed by atoms with van der Waals surface area (Å²) in [6.45, 7) is 4.08. The van der Waals surface area contributed by atoms with E-state index in [0.29, 0.717) is 5.56 Å². The Bertz CT molecular complexity index is 616. The zero-order chi connectivity index (χ0) is 14.7. The van der Waals surface area contributed by atoms with Crippen LogP contribution in [0.1, 0.15) is 29.6 Å². The fourth-order valence-electron chi connectivity index (χ4n) is 2.86. The average Bonchev–Trinajstić information content (AvgIpc) is 3.00. The monoisotopic (exact) mass is 286 g/mol. The number of carbonyl (C=O) groups is 1. The van der Waals surface area contributed by atoms with Gasteiger partial charge in [-0.2, -0.15) is 0 Å². The lowest BCUT2D eigenvalue weighted by Crippen LogP contribution is -2.38. The van der Waals surface area contributed by atoms with E-state index in [-0.39, 0.29) is 5.91 Å². The third kappa shape index (κ3) is 3.24. The molecule has 0 unspecified atom stereocenters. The molecule has 0 bridgehead atoms. The van der Waals surface area contributed by atoms with Gasteiger partial charge in [0.05, 0.1) is 17.4 Å². The van der Waals surface area contributed by atoms with E-state index >= 15 is 0 Å². The SMILES string of the molecule is CN(CCN1CCCCC1)C(=O)c1ccc2nc[nH]c2c1. The number of hydrogen-bond donors (Lipinski definition) is 1. The predicted octanol–water partition coefficient (Wildman–Crippen LogP) is 2.12. The molecule has 0 aliphatic carbocycles. The van der Waals surface area contributed by atoms with Crippen LogP contribution in [0.15, 0.2) is 24.5 Å². The van der Waals surface area contributed by atoms with Gasteiger partial charge < -0.3 is 14.8 Å². The quantitative estimate of drug-likeness (QED) is 0.936. The molecule has 3 rings (SSSR count). The molecule has 1 amide bonds. The molecule has 5 heteroatoms. The van der Waals surface area contributed by atoms with Crippen molar-refractivity contribution in [3.8, 4) is 0 Å². The number of aromatic amines is 1. The minimum Gasteiger partial charge on any atom is -0.345 e. The summed E-state index contributed by atoms with van der Waals surface area (Å²) >= 11 is 0. The van der Waals surface area contributed by atoms with Crippen LogP contribution in [0.2, 0.25) is 0 Å². The van der Waals surface area contributed by atoms with E-state index in [1.807, 2.05) is 30.1 Å². The van der Waals surface area contributed by atoms with E-state index in [0.717, 1.165) is 24.1 Å². The van der Waals surface area contributed by atoms with E-state index in [1.54, 1.807) is 6.33 Å². The Morgan fingerprint density at radius 2 is 2.14 bits per heavy atom. The highest BCUT2D eigenvalue weighted by Crippen LogP contribution is 2.13. The fourth-order valence-corrected chi connectivity index (χ4v) is 2.86. The Morgan fingerprint density at radius 1 is 1.33 bits per heavy atom. The van der Waals surface area contributed by atoms with Gasteiger partial charge >= 0.3 is 0 Å². The Balaban J connectivity index is 1.60. The van der Waals surface area contributed by atoms with Crippen molar-refractivity contribution in [1.29, 1.82) is 0 Å². The van der Waals surface area contributed by atoms with Crippen molar-refractivity contribution in [3.63, 3.8) is 0 Å². The van der Waals surface area contributed by atoms with Gasteiger partial charge in [-0.3, -0.25) is 4.79 Å². The predicted molar refractivity (Wildman–Crippen MR) is 83.3 cm³/mol. The summed E-state index contributed by atoms with van der Waals surface area (Å²) in [6, 6.07) is 5.61. The lowest BCUT2D eigenvalue weighted by atomic mass is 10.1. The normalized spacial score (nSPS) is 16.2. The van der Waals surface area contributed by atoms with Crippen LogP contribution in [0.5, 0.6) is 0 Å². The van der Waals surface area contributed by atoms with Crippen molar-refractivity contribution in [2.45, 2.75) is 19.3 Å². The largest absolute Gasteiger partial charge is 0.345 e. The smallest absolute Gasteiger partial charge is 0.253 e. The number of rotatable bonds is 4. The van der Waals surface area contributed by atoms with Crippen LogP contribution >= 0.6 is 0 Å². The van der Waals surface area contributed by atoms with E-state index in [4.69, 9.17) is 0 Å². The summed E-state index contributed by atoms with van der Waals surface area (Å²) in [4.78, 5) is 23.9. The van der Waals surface area contributed by atoms with Crippen LogP contribution in [0.4, 0.5) is 0 Å². The lowest BCUT2D eigenvalue weighted by molar-refractivity contribution is 0.0773. The van der Waals surface area contributed by atoms with Crippen molar-refractivity contribution in [1.82, 2.24) is 19.8 Å². The minimum atomic E-state index is 0.0727. The summed E-state index contributed by atoms with van der Waals surface area (Å²) in [5, 5.41) is 0. The number of likely N-dealkylation sites (N-methyl/N-ethyl adjacent to an activating group) is 1. The summed E-state index contributed by atoms with van der Waals surface area (Å²) in [6.07, 6.45) is 5.57. The molecular weight excluding hydrogens is 264 g/mol. The van der Waals surface area contributed by atoms with Gasteiger partial charge in [0.15, 0.2) is 0 Å².